The van der Waals surface area contributed by atoms with Crippen molar-refractivity contribution in [2.45, 2.75) is 13.3 Å². The average molecular weight is 224 g/mol. The maximum atomic E-state index is 6.06. The van der Waals surface area contributed by atoms with Crippen molar-refractivity contribution in [2.24, 2.45) is 0 Å². The Balaban J connectivity index is 2.49. The van der Waals surface area contributed by atoms with Gasteiger partial charge < -0.3 is 9.72 Å². The minimum atomic E-state index is 0.584. The minimum absolute atomic E-state index is 0.584. The van der Waals surface area contributed by atoms with Crippen molar-refractivity contribution >= 4 is 17.1 Å². The molecule has 2 rings (SSSR count). The van der Waals surface area contributed by atoms with E-state index in [1.54, 1.807) is 0 Å². The summed E-state index contributed by atoms with van der Waals surface area (Å²) in [6.07, 6.45) is 2.95. The summed E-state index contributed by atoms with van der Waals surface area (Å²) in [6, 6.07) is 4.05. The van der Waals surface area contributed by atoms with E-state index in [0.29, 0.717) is 5.15 Å². The Morgan fingerprint density at radius 2 is 2.27 bits per heavy atom. The monoisotopic (exact) mass is 223 g/mol. The number of likely N-dealkylation sites (N-methyl/N-ethyl adjacent to an activating group) is 1. The van der Waals surface area contributed by atoms with Crippen LogP contribution in [0.15, 0.2) is 18.3 Å². The summed E-state index contributed by atoms with van der Waals surface area (Å²) < 4.78 is 2.06. The van der Waals surface area contributed by atoms with Crippen molar-refractivity contribution in [2.75, 3.05) is 13.6 Å². The summed E-state index contributed by atoms with van der Waals surface area (Å²) in [4.78, 5) is 4.36. The number of pyridine rings is 1. The molecule has 0 saturated heterocycles. The third-order valence-electron chi connectivity index (χ3n) is 2.41. The van der Waals surface area contributed by atoms with Gasteiger partial charge in [0.2, 0.25) is 0 Å². The molecule has 2 aromatic rings. The van der Waals surface area contributed by atoms with Crippen LogP contribution in [-0.2, 0) is 6.42 Å². The van der Waals surface area contributed by atoms with Crippen molar-refractivity contribution in [1.29, 1.82) is 0 Å². The van der Waals surface area contributed by atoms with Crippen molar-refractivity contribution in [3.05, 3.63) is 34.9 Å². The molecule has 0 aliphatic carbocycles. The summed E-state index contributed by atoms with van der Waals surface area (Å²) in [6.45, 7) is 2.97. The van der Waals surface area contributed by atoms with Crippen LogP contribution in [-0.4, -0.2) is 23.0 Å². The molecule has 4 heteroatoms. The van der Waals surface area contributed by atoms with E-state index in [-0.39, 0.29) is 0 Å². The number of halogens is 1. The molecule has 0 amide bonds. The number of aryl methyl sites for hydroxylation is 1. The SMILES string of the molecule is CNCCc1nc(Cl)c2ccc(C)cn12. The van der Waals surface area contributed by atoms with Crippen LogP contribution in [0.5, 0.6) is 0 Å². The summed E-state index contributed by atoms with van der Waals surface area (Å²) in [5.41, 5.74) is 2.19. The van der Waals surface area contributed by atoms with Crippen LogP contribution >= 0.6 is 11.6 Å². The Kier molecular flexibility index (Phi) is 2.93. The summed E-state index contributed by atoms with van der Waals surface area (Å²) in [7, 11) is 1.93. The third kappa shape index (κ3) is 1.98. The van der Waals surface area contributed by atoms with Crippen molar-refractivity contribution in [3.63, 3.8) is 0 Å². The lowest BCUT2D eigenvalue weighted by Gasteiger charge is -2.01. The predicted molar refractivity (Wildman–Crippen MR) is 62.6 cm³/mol. The fourth-order valence-corrected chi connectivity index (χ4v) is 1.88. The molecule has 3 nitrogen and oxygen atoms in total. The van der Waals surface area contributed by atoms with Crippen LogP contribution < -0.4 is 5.32 Å². The molecule has 1 N–H and O–H groups in total. The smallest absolute Gasteiger partial charge is 0.155 e. The van der Waals surface area contributed by atoms with E-state index >= 15 is 0 Å². The van der Waals surface area contributed by atoms with Crippen LogP contribution in [0.3, 0.4) is 0 Å². The number of rotatable bonds is 3. The first kappa shape index (κ1) is 10.5. The van der Waals surface area contributed by atoms with E-state index in [4.69, 9.17) is 11.6 Å². The normalized spacial score (nSPS) is 11.1. The number of imidazole rings is 1. The van der Waals surface area contributed by atoms with Gasteiger partial charge >= 0.3 is 0 Å². The van der Waals surface area contributed by atoms with Gasteiger partial charge in [-0.05, 0) is 25.6 Å². The van der Waals surface area contributed by atoms with Gasteiger partial charge in [0.15, 0.2) is 5.15 Å². The molecule has 0 unspecified atom stereocenters. The first-order valence-electron chi connectivity index (χ1n) is 5.00. The maximum absolute atomic E-state index is 6.06. The molecule has 0 aliphatic heterocycles. The van der Waals surface area contributed by atoms with Gasteiger partial charge in [-0.25, -0.2) is 4.98 Å². The molecule has 0 radical (unpaired) electrons. The topological polar surface area (TPSA) is 29.3 Å². The predicted octanol–water partition coefficient (Wildman–Crippen LogP) is 2.06. The highest BCUT2D eigenvalue weighted by molar-refractivity contribution is 6.32. The highest BCUT2D eigenvalue weighted by Gasteiger charge is 2.08. The van der Waals surface area contributed by atoms with Gasteiger partial charge in [-0.15, -0.1) is 0 Å². The summed E-state index contributed by atoms with van der Waals surface area (Å²) in [5.74, 6) is 1.01. The number of nitrogens with one attached hydrogen (secondary N) is 1. The molecule has 0 aliphatic rings. The van der Waals surface area contributed by atoms with Gasteiger partial charge in [0, 0.05) is 19.2 Å². The molecule has 0 saturated carbocycles. The molecule has 80 valence electrons. The number of hydrogen-bond acceptors (Lipinski definition) is 2. The second-order valence-electron chi connectivity index (χ2n) is 3.63. The van der Waals surface area contributed by atoms with Gasteiger partial charge in [-0.2, -0.15) is 0 Å². The van der Waals surface area contributed by atoms with Crippen LogP contribution in [0.4, 0.5) is 0 Å². The quantitative estimate of drug-likeness (QED) is 0.863. The van der Waals surface area contributed by atoms with Gasteiger partial charge in [0.25, 0.3) is 0 Å². The van der Waals surface area contributed by atoms with Gasteiger partial charge in [0.05, 0.1) is 5.52 Å². The zero-order valence-electron chi connectivity index (χ0n) is 8.92. The molecule has 2 aromatic heterocycles. The Labute approximate surface area is 94.1 Å². The lowest BCUT2D eigenvalue weighted by molar-refractivity contribution is 0.753. The number of fused-ring (bicyclic) bond motifs is 1. The highest BCUT2D eigenvalue weighted by atomic mass is 35.5. The molecule has 15 heavy (non-hydrogen) atoms. The van der Waals surface area contributed by atoms with Crippen molar-refractivity contribution in [1.82, 2.24) is 14.7 Å². The van der Waals surface area contributed by atoms with E-state index in [1.807, 2.05) is 19.2 Å². The fraction of sp³-hybridized carbons (Fsp3) is 0.364. The Hall–Kier alpha value is -1.06. The zero-order valence-corrected chi connectivity index (χ0v) is 9.67. The molecule has 2 heterocycles. The van der Waals surface area contributed by atoms with Crippen LogP contribution in [0, 0.1) is 6.92 Å². The second-order valence-corrected chi connectivity index (χ2v) is 3.99. The molecule has 0 fully saturated rings. The maximum Gasteiger partial charge on any atom is 0.155 e. The lowest BCUT2D eigenvalue weighted by atomic mass is 10.3. The highest BCUT2D eigenvalue weighted by Crippen LogP contribution is 2.19. The van der Waals surface area contributed by atoms with E-state index in [0.717, 1.165) is 24.3 Å². The Bertz CT molecular complexity index is 476. The molecular formula is C11H14ClN3. The van der Waals surface area contributed by atoms with Gasteiger partial charge in [-0.3, -0.25) is 0 Å². The summed E-state index contributed by atoms with van der Waals surface area (Å²) in [5, 5.41) is 3.69. The van der Waals surface area contributed by atoms with Crippen LogP contribution in [0.25, 0.3) is 5.52 Å². The minimum Gasteiger partial charge on any atom is -0.319 e. The molecule has 0 spiro atoms. The molecule has 0 atom stereocenters. The Morgan fingerprint density at radius 1 is 1.47 bits per heavy atom. The number of aromatic nitrogens is 2. The Morgan fingerprint density at radius 3 is 3.00 bits per heavy atom. The number of hydrogen-bond donors (Lipinski definition) is 1. The van der Waals surface area contributed by atoms with Gasteiger partial charge in [-0.1, -0.05) is 17.7 Å². The van der Waals surface area contributed by atoms with E-state index in [2.05, 4.69) is 27.8 Å². The van der Waals surface area contributed by atoms with Gasteiger partial charge in [0.1, 0.15) is 5.82 Å². The van der Waals surface area contributed by atoms with E-state index in [1.165, 1.54) is 5.56 Å². The van der Waals surface area contributed by atoms with Crippen molar-refractivity contribution < 1.29 is 0 Å². The standard InChI is InChI=1S/C11H14ClN3/c1-8-3-4-9-11(12)14-10(5-6-13-2)15(9)7-8/h3-4,7,13H,5-6H2,1-2H3. The third-order valence-corrected chi connectivity index (χ3v) is 2.69. The van der Waals surface area contributed by atoms with Crippen molar-refractivity contribution in [3.8, 4) is 0 Å². The largest absolute Gasteiger partial charge is 0.319 e. The van der Waals surface area contributed by atoms with E-state index in [9.17, 15) is 0 Å². The lowest BCUT2D eigenvalue weighted by Crippen LogP contribution is -2.12. The summed E-state index contributed by atoms with van der Waals surface area (Å²) >= 11 is 6.06. The molecular weight excluding hydrogens is 210 g/mol. The fourth-order valence-electron chi connectivity index (χ4n) is 1.63. The molecule has 0 aromatic carbocycles. The first-order chi connectivity index (χ1) is 7.22. The first-order valence-corrected chi connectivity index (χ1v) is 5.38. The van der Waals surface area contributed by atoms with E-state index < -0.39 is 0 Å². The molecule has 0 bridgehead atoms. The van der Waals surface area contributed by atoms with Crippen LogP contribution in [0.1, 0.15) is 11.4 Å². The number of nitrogens with zero attached hydrogens (tertiary/aromatic N) is 2. The average Bonchev–Trinajstić information content (AvgIpc) is 2.52. The van der Waals surface area contributed by atoms with Crippen LogP contribution in [0.2, 0.25) is 5.15 Å². The second kappa shape index (κ2) is 4.21. The zero-order chi connectivity index (χ0) is 10.8.